The van der Waals surface area contributed by atoms with Crippen LogP contribution in [0.4, 0.5) is 4.39 Å². The van der Waals surface area contributed by atoms with Gasteiger partial charge in [-0.1, -0.05) is 19.6 Å². The van der Waals surface area contributed by atoms with Gasteiger partial charge in [-0.3, -0.25) is 4.79 Å². The molecule has 1 saturated carbocycles. The lowest BCUT2D eigenvalue weighted by Crippen LogP contribution is -2.29. The molecule has 0 spiro atoms. The standard InChI is InChI=1S/C24H31FN4O4Si/c1-26-24(30)23-18-13-29(31)21(12-20(18)28(27-23)14-33-8-9-34(3,4)5)17-10-19(25)22(32-2)11-16(17)15-6-7-15/h10-13,15H,6-9,14H2,1-5H3,(H,26,30). The minimum absolute atomic E-state index is 0.144. The van der Waals surface area contributed by atoms with Crippen molar-refractivity contribution in [2.45, 2.75) is 51.2 Å². The van der Waals surface area contributed by atoms with Gasteiger partial charge >= 0.3 is 0 Å². The van der Waals surface area contributed by atoms with Crippen molar-refractivity contribution in [3.63, 3.8) is 0 Å². The maximum absolute atomic E-state index is 14.7. The third-order valence-electron chi connectivity index (χ3n) is 6.06. The smallest absolute Gasteiger partial charge is 0.272 e. The molecule has 2 aromatic heterocycles. The number of amides is 1. The monoisotopic (exact) mass is 486 g/mol. The maximum Gasteiger partial charge on any atom is 0.272 e. The van der Waals surface area contributed by atoms with Gasteiger partial charge in [0.1, 0.15) is 6.73 Å². The van der Waals surface area contributed by atoms with Crippen LogP contribution in [0.1, 0.15) is 34.8 Å². The van der Waals surface area contributed by atoms with Crippen molar-refractivity contribution in [1.29, 1.82) is 0 Å². The van der Waals surface area contributed by atoms with Crippen molar-refractivity contribution in [2.75, 3.05) is 20.8 Å². The van der Waals surface area contributed by atoms with Crippen molar-refractivity contribution in [3.05, 3.63) is 46.7 Å². The van der Waals surface area contributed by atoms with Gasteiger partial charge in [0.2, 0.25) is 5.69 Å². The summed E-state index contributed by atoms with van der Waals surface area (Å²) in [5.74, 6) is -0.507. The molecule has 34 heavy (non-hydrogen) atoms. The highest BCUT2D eigenvalue weighted by Gasteiger charge is 2.31. The number of benzene rings is 1. The molecule has 2 heterocycles. The van der Waals surface area contributed by atoms with Gasteiger partial charge < -0.3 is 20.0 Å². The fraction of sp³-hybridized carbons (Fsp3) is 0.458. The molecular weight excluding hydrogens is 455 g/mol. The molecule has 0 radical (unpaired) electrons. The second-order valence-corrected chi connectivity index (χ2v) is 15.5. The number of methoxy groups -OCH3 is 1. The van der Waals surface area contributed by atoms with E-state index in [4.69, 9.17) is 9.47 Å². The molecule has 1 fully saturated rings. The van der Waals surface area contributed by atoms with Crippen molar-refractivity contribution in [1.82, 2.24) is 15.1 Å². The Balaban J connectivity index is 1.80. The molecular formula is C24H31FN4O4Si. The van der Waals surface area contributed by atoms with E-state index in [1.165, 1.54) is 26.4 Å². The van der Waals surface area contributed by atoms with E-state index in [1.807, 2.05) is 0 Å². The number of ether oxygens (including phenoxy) is 2. The highest BCUT2D eigenvalue weighted by molar-refractivity contribution is 6.76. The molecule has 1 aliphatic rings. The molecule has 1 N–H and O–H groups in total. The average Bonchev–Trinajstić information content (AvgIpc) is 3.57. The van der Waals surface area contributed by atoms with E-state index in [0.717, 1.165) is 24.4 Å². The van der Waals surface area contributed by atoms with Gasteiger partial charge in [-0.05, 0) is 42.5 Å². The van der Waals surface area contributed by atoms with Crippen LogP contribution in [0.15, 0.2) is 24.4 Å². The molecule has 0 atom stereocenters. The fourth-order valence-electron chi connectivity index (χ4n) is 3.94. The maximum atomic E-state index is 14.7. The number of nitrogens with zero attached hydrogens (tertiary/aromatic N) is 3. The average molecular weight is 487 g/mol. The summed E-state index contributed by atoms with van der Waals surface area (Å²) >= 11 is 0. The SMILES string of the molecule is CNC(=O)c1nn(COCC[Si](C)(C)C)c2cc(-c3cc(F)c(OC)cc3C3CC3)[n+]([O-])cc12. The van der Waals surface area contributed by atoms with Crippen LogP contribution < -0.4 is 14.8 Å². The van der Waals surface area contributed by atoms with Crippen LogP contribution in [0.5, 0.6) is 5.75 Å². The Morgan fingerprint density at radius 3 is 2.68 bits per heavy atom. The zero-order valence-corrected chi connectivity index (χ0v) is 21.3. The number of hydrogen-bond acceptors (Lipinski definition) is 5. The quantitative estimate of drug-likeness (QED) is 0.213. The number of rotatable bonds is 9. The van der Waals surface area contributed by atoms with E-state index in [0.29, 0.717) is 33.5 Å². The number of halogens is 1. The molecule has 4 rings (SSSR count). The Kier molecular flexibility index (Phi) is 6.63. The van der Waals surface area contributed by atoms with Crippen LogP contribution in [0.2, 0.25) is 25.7 Å². The number of carbonyl (C=O) groups is 1. The molecule has 182 valence electrons. The van der Waals surface area contributed by atoms with Gasteiger partial charge in [-0.15, -0.1) is 0 Å². The number of nitrogens with one attached hydrogen (secondary N) is 1. The van der Waals surface area contributed by atoms with Gasteiger partial charge in [-0.2, -0.15) is 9.83 Å². The zero-order chi connectivity index (χ0) is 24.6. The Morgan fingerprint density at radius 2 is 2.06 bits per heavy atom. The third kappa shape index (κ3) is 4.92. The van der Waals surface area contributed by atoms with Gasteiger partial charge in [0, 0.05) is 27.8 Å². The lowest BCUT2D eigenvalue weighted by atomic mass is 9.98. The first-order chi connectivity index (χ1) is 16.1. The summed E-state index contributed by atoms with van der Waals surface area (Å²) in [6.07, 6.45) is 3.29. The largest absolute Gasteiger partial charge is 0.618 e. The molecule has 0 saturated heterocycles. The summed E-state index contributed by atoms with van der Waals surface area (Å²) in [7, 11) is 1.68. The highest BCUT2D eigenvalue weighted by atomic mass is 28.3. The summed E-state index contributed by atoms with van der Waals surface area (Å²) in [5, 5.41) is 20.5. The predicted octanol–water partition coefficient (Wildman–Crippen LogP) is 4.03. The molecule has 1 amide bonds. The van der Waals surface area contributed by atoms with E-state index in [-0.39, 0.29) is 24.1 Å². The van der Waals surface area contributed by atoms with Crippen LogP contribution in [-0.2, 0) is 11.5 Å². The normalized spacial score (nSPS) is 13.9. The number of aromatic nitrogens is 3. The first-order valence-corrected chi connectivity index (χ1v) is 15.1. The van der Waals surface area contributed by atoms with Crippen LogP contribution in [0, 0.1) is 11.0 Å². The van der Waals surface area contributed by atoms with Crippen molar-refractivity contribution in [3.8, 4) is 17.0 Å². The zero-order valence-electron chi connectivity index (χ0n) is 20.3. The predicted molar refractivity (Wildman–Crippen MR) is 130 cm³/mol. The molecule has 0 bridgehead atoms. The first kappa shape index (κ1) is 24.2. The summed E-state index contributed by atoms with van der Waals surface area (Å²) in [6, 6.07) is 5.69. The number of carbonyl (C=O) groups excluding carboxylic acids is 1. The lowest BCUT2D eigenvalue weighted by molar-refractivity contribution is -0.592. The van der Waals surface area contributed by atoms with Crippen LogP contribution in [-0.4, -0.2) is 44.5 Å². The van der Waals surface area contributed by atoms with E-state index in [2.05, 4.69) is 30.1 Å². The first-order valence-electron chi connectivity index (χ1n) is 11.4. The third-order valence-corrected chi connectivity index (χ3v) is 7.76. The molecule has 8 nitrogen and oxygen atoms in total. The van der Waals surface area contributed by atoms with E-state index < -0.39 is 19.8 Å². The Labute approximate surface area is 199 Å². The van der Waals surface area contributed by atoms with Crippen LogP contribution >= 0.6 is 0 Å². The Morgan fingerprint density at radius 1 is 1.32 bits per heavy atom. The van der Waals surface area contributed by atoms with E-state index in [9.17, 15) is 14.4 Å². The molecule has 0 unspecified atom stereocenters. The summed E-state index contributed by atoms with van der Waals surface area (Å²) in [6.45, 7) is 7.55. The molecule has 0 aliphatic heterocycles. The van der Waals surface area contributed by atoms with Crippen molar-refractivity contribution < 1.29 is 23.4 Å². The van der Waals surface area contributed by atoms with E-state index in [1.54, 1.807) is 16.8 Å². The molecule has 10 heteroatoms. The Bertz CT molecular complexity index is 1230. The van der Waals surface area contributed by atoms with Gasteiger partial charge in [-0.25, -0.2) is 9.07 Å². The van der Waals surface area contributed by atoms with Crippen LogP contribution in [0.25, 0.3) is 22.2 Å². The minimum Gasteiger partial charge on any atom is -0.618 e. The molecule has 1 aromatic carbocycles. The Hall–Kier alpha value is -2.98. The number of hydrogen-bond donors (Lipinski definition) is 1. The van der Waals surface area contributed by atoms with Crippen molar-refractivity contribution in [2.24, 2.45) is 0 Å². The van der Waals surface area contributed by atoms with Gasteiger partial charge in [0.05, 0.1) is 23.6 Å². The summed E-state index contributed by atoms with van der Waals surface area (Å²) in [5.41, 5.74) is 2.41. The molecule has 3 aromatic rings. The second-order valence-electron chi connectivity index (χ2n) is 9.91. The highest BCUT2D eigenvalue weighted by Crippen LogP contribution is 2.46. The summed E-state index contributed by atoms with van der Waals surface area (Å²) in [4.78, 5) is 12.4. The lowest BCUT2D eigenvalue weighted by Gasteiger charge is -2.15. The topological polar surface area (TPSA) is 92.3 Å². The van der Waals surface area contributed by atoms with Crippen molar-refractivity contribution >= 4 is 24.9 Å². The summed E-state index contributed by atoms with van der Waals surface area (Å²) < 4.78 is 28.0. The number of pyridine rings is 1. The number of fused-ring (bicyclic) bond motifs is 1. The fourth-order valence-corrected chi connectivity index (χ4v) is 4.69. The second kappa shape index (κ2) is 9.34. The van der Waals surface area contributed by atoms with Crippen LogP contribution in [0.3, 0.4) is 0 Å². The van der Waals surface area contributed by atoms with Gasteiger partial charge in [0.15, 0.2) is 23.5 Å². The minimum atomic E-state index is -1.26. The molecule has 1 aliphatic carbocycles. The van der Waals surface area contributed by atoms with Gasteiger partial charge in [0.25, 0.3) is 5.91 Å². The van der Waals surface area contributed by atoms with E-state index >= 15 is 0 Å².